The molecule has 2 N–H and O–H groups in total. The first-order valence-electron chi connectivity index (χ1n) is 9.30. The first-order chi connectivity index (χ1) is 11.4. The standard InChI is InChI=1S/C18H37N5O.HI/c1-6-7-13-23(5)14-12-20-17(19-2)21-15-18(10-8-9-11-18)16(24)22(3)4;/h6-15H2,1-5H3,(H2,19,20,21);1H. The lowest BCUT2D eigenvalue weighted by atomic mass is 9.84. The lowest BCUT2D eigenvalue weighted by molar-refractivity contribution is -0.138. The number of unbranched alkanes of at least 4 members (excludes halogenated alkanes) is 1. The number of guanidine groups is 1. The summed E-state index contributed by atoms with van der Waals surface area (Å²) in [6.07, 6.45) is 6.66. The topological polar surface area (TPSA) is 60.0 Å². The van der Waals surface area contributed by atoms with Crippen molar-refractivity contribution in [3.05, 3.63) is 0 Å². The maximum Gasteiger partial charge on any atom is 0.230 e. The van der Waals surface area contributed by atoms with Crippen molar-refractivity contribution in [1.82, 2.24) is 20.4 Å². The summed E-state index contributed by atoms with van der Waals surface area (Å²) in [4.78, 5) is 20.9. The Labute approximate surface area is 171 Å². The Hall–Kier alpha value is -0.570. The maximum absolute atomic E-state index is 12.6. The third kappa shape index (κ3) is 8.11. The van der Waals surface area contributed by atoms with Crippen LogP contribution in [0.4, 0.5) is 0 Å². The number of amides is 1. The van der Waals surface area contributed by atoms with Gasteiger partial charge in [0, 0.05) is 40.8 Å². The smallest absolute Gasteiger partial charge is 0.230 e. The highest BCUT2D eigenvalue weighted by Crippen LogP contribution is 2.38. The van der Waals surface area contributed by atoms with Gasteiger partial charge in [-0.05, 0) is 32.9 Å². The number of nitrogens with one attached hydrogen (secondary N) is 2. The van der Waals surface area contributed by atoms with Gasteiger partial charge in [0.05, 0.1) is 5.41 Å². The Kier molecular flexibility index (Phi) is 12.4. The number of halogens is 1. The molecule has 0 radical (unpaired) electrons. The summed E-state index contributed by atoms with van der Waals surface area (Å²) in [6, 6.07) is 0. The van der Waals surface area contributed by atoms with E-state index in [1.165, 1.54) is 12.8 Å². The Morgan fingerprint density at radius 1 is 1.12 bits per heavy atom. The number of carbonyl (C=O) groups is 1. The Morgan fingerprint density at radius 2 is 1.76 bits per heavy atom. The van der Waals surface area contributed by atoms with Gasteiger partial charge < -0.3 is 20.4 Å². The summed E-state index contributed by atoms with van der Waals surface area (Å²) in [5, 5.41) is 6.74. The van der Waals surface area contributed by atoms with Crippen LogP contribution in [0, 0.1) is 5.41 Å². The number of hydrogen-bond donors (Lipinski definition) is 2. The molecule has 6 nitrogen and oxygen atoms in total. The molecule has 1 amide bonds. The minimum Gasteiger partial charge on any atom is -0.355 e. The van der Waals surface area contributed by atoms with Crippen LogP contribution in [0.1, 0.15) is 45.4 Å². The van der Waals surface area contributed by atoms with E-state index in [1.54, 1.807) is 11.9 Å². The van der Waals surface area contributed by atoms with Gasteiger partial charge >= 0.3 is 0 Å². The highest BCUT2D eigenvalue weighted by Gasteiger charge is 2.42. The zero-order valence-electron chi connectivity index (χ0n) is 16.7. The van der Waals surface area contributed by atoms with E-state index in [1.807, 2.05) is 14.1 Å². The molecule has 7 heteroatoms. The second-order valence-corrected chi connectivity index (χ2v) is 7.20. The van der Waals surface area contributed by atoms with Gasteiger partial charge in [0.15, 0.2) is 5.96 Å². The van der Waals surface area contributed by atoms with Crippen LogP contribution in [0.2, 0.25) is 0 Å². The van der Waals surface area contributed by atoms with Gasteiger partial charge in [-0.15, -0.1) is 24.0 Å². The molecule has 0 bridgehead atoms. The third-order valence-electron chi connectivity index (χ3n) is 4.92. The van der Waals surface area contributed by atoms with E-state index in [0.29, 0.717) is 6.54 Å². The largest absolute Gasteiger partial charge is 0.355 e. The number of rotatable bonds is 9. The molecule has 1 aliphatic rings. The molecule has 1 rings (SSSR count). The molecule has 0 aromatic carbocycles. The van der Waals surface area contributed by atoms with Crippen LogP contribution in [0.5, 0.6) is 0 Å². The monoisotopic (exact) mass is 467 g/mol. The summed E-state index contributed by atoms with van der Waals surface area (Å²) in [7, 11) is 7.63. The van der Waals surface area contributed by atoms with Gasteiger partial charge in [-0.3, -0.25) is 9.79 Å². The third-order valence-corrected chi connectivity index (χ3v) is 4.92. The molecular formula is C18H38IN5O. The summed E-state index contributed by atoms with van der Waals surface area (Å²) in [6.45, 7) is 5.85. The highest BCUT2D eigenvalue weighted by atomic mass is 127. The van der Waals surface area contributed by atoms with E-state index in [-0.39, 0.29) is 35.3 Å². The fraction of sp³-hybridized carbons (Fsp3) is 0.889. The van der Waals surface area contributed by atoms with Crippen molar-refractivity contribution in [2.45, 2.75) is 45.4 Å². The van der Waals surface area contributed by atoms with Crippen molar-refractivity contribution in [3.8, 4) is 0 Å². The van der Waals surface area contributed by atoms with Crippen LogP contribution in [0.3, 0.4) is 0 Å². The van der Waals surface area contributed by atoms with E-state index in [4.69, 9.17) is 0 Å². The van der Waals surface area contributed by atoms with Gasteiger partial charge in [0.2, 0.25) is 5.91 Å². The molecule has 0 atom stereocenters. The lowest BCUT2D eigenvalue weighted by Gasteiger charge is -2.31. The Balaban J connectivity index is 0.00000576. The fourth-order valence-corrected chi connectivity index (χ4v) is 3.37. The van der Waals surface area contributed by atoms with Gasteiger partial charge in [0.1, 0.15) is 0 Å². The molecule has 1 fully saturated rings. The van der Waals surface area contributed by atoms with E-state index < -0.39 is 0 Å². The second kappa shape index (κ2) is 12.7. The SMILES string of the molecule is CCCCN(C)CCNC(=NC)NCC1(C(=O)N(C)C)CCCC1.I. The minimum atomic E-state index is -0.265. The Bertz CT molecular complexity index is 408. The average Bonchev–Trinajstić information content (AvgIpc) is 3.05. The van der Waals surface area contributed by atoms with Crippen LogP contribution >= 0.6 is 24.0 Å². The molecule has 0 aromatic rings. The average molecular weight is 467 g/mol. The molecule has 0 spiro atoms. The summed E-state index contributed by atoms with van der Waals surface area (Å²) in [5.74, 6) is 1.03. The molecule has 0 unspecified atom stereocenters. The van der Waals surface area contributed by atoms with Gasteiger partial charge in [0.25, 0.3) is 0 Å². The van der Waals surface area contributed by atoms with E-state index in [0.717, 1.165) is 51.3 Å². The normalized spacial score (nSPS) is 16.5. The summed E-state index contributed by atoms with van der Waals surface area (Å²) >= 11 is 0. The lowest BCUT2D eigenvalue weighted by Crippen LogP contribution is -2.49. The van der Waals surface area contributed by atoms with Crippen molar-refractivity contribution in [1.29, 1.82) is 0 Å². The molecular weight excluding hydrogens is 429 g/mol. The van der Waals surface area contributed by atoms with E-state index >= 15 is 0 Å². The molecule has 25 heavy (non-hydrogen) atoms. The van der Waals surface area contributed by atoms with Crippen LogP contribution in [-0.4, -0.2) is 76.0 Å². The van der Waals surface area contributed by atoms with Gasteiger partial charge in [-0.2, -0.15) is 0 Å². The summed E-state index contributed by atoms with van der Waals surface area (Å²) in [5.41, 5.74) is -0.265. The number of hydrogen-bond acceptors (Lipinski definition) is 3. The number of carbonyl (C=O) groups excluding carboxylic acids is 1. The van der Waals surface area contributed by atoms with Crippen molar-refractivity contribution in [2.24, 2.45) is 10.4 Å². The van der Waals surface area contributed by atoms with Crippen LogP contribution < -0.4 is 10.6 Å². The van der Waals surface area contributed by atoms with Crippen LogP contribution in [-0.2, 0) is 4.79 Å². The number of aliphatic imine (C=N–C) groups is 1. The van der Waals surface area contributed by atoms with Gasteiger partial charge in [-0.1, -0.05) is 26.2 Å². The molecule has 0 aromatic heterocycles. The van der Waals surface area contributed by atoms with Crippen LogP contribution in [0.25, 0.3) is 0 Å². The zero-order valence-corrected chi connectivity index (χ0v) is 19.1. The van der Waals surface area contributed by atoms with Crippen molar-refractivity contribution in [3.63, 3.8) is 0 Å². The first-order valence-corrected chi connectivity index (χ1v) is 9.30. The predicted molar refractivity (Wildman–Crippen MR) is 117 cm³/mol. The summed E-state index contributed by atoms with van der Waals surface area (Å²) < 4.78 is 0. The molecule has 1 aliphatic carbocycles. The van der Waals surface area contributed by atoms with Crippen molar-refractivity contribution < 1.29 is 4.79 Å². The molecule has 0 heterocycles. The van der Waals surface area contributed by atoms with Gasteiger partial charge in [-0.25, -0.2) is 0 Å². The molecule has 148 valence electrons. The van der Waals surface area contributed by atoms with E-state index in [2.05, 4.69) is 34.5 Å². The van der Waals surface area contributed by atoms with Crippen molar-refractivity contribution >= 4 is 35.8 Å². The van der Waals surface area contributed by atoms with Crippen molar-refractivity contribution in [2.75, 3.05) is 54.4 Å². The number of nitrogens with zero attached hydrogens (tertiary/aromatic N) is 3. The number of likely N-dealkylation sites (N-methyl/N-ethyl adjacent to an activating group) is 1. The van der Waals surface area contributed by atoms with Crippen LogP contribution in [0.15, 0.2) is 4.99 Å². The second-order valence-electron chi connectivity index (χ2n) is 7.20. The predicted octanol–water partition coefficient (Wildman–Crippen LogP) is 2.15. The molecule has 0 saturated heterocycles. The fourth-order valence-electron chi connectivity index (χ4n) is 3.37. The first kappa shape index (κ1) is 24.4. The minimum absolute atomic E-state index is 0. The molecule has 0 aliphatic heterocycles. The highest BCUT2D eigenvalue weighted by molar-refractivity contribution is 14.0. The molecule has 1 saturated carbocycles. The Morgan fingerprint density at radius 3 is 2.28 bits per heavy atom. The maximum atomic E-state index is 12.6. The quantitative estimate of drug-likeness (QED) is 0.310. The van der Waals surface area contributed by atoms with E-state index in [9.17, 15) is 4.79 Å². The zero-order chi connectivity index (χ0) is 18.0.